The third-order valence-corrected chi connectivity index (χ3v) is 6.60. The number of ether oxygens (including phenoxy) is 2. The molecule has 0 atom stereocenters. The molecule has 1 fully saturated rings. The second-order valence-corrected chi connectivity index (χ2v) is 8.76. The van der Waals surface area contributed by atoms with E-state index in [1.54, 1.807) is 13.8 Å². The Balaban J connectivity index is 1.86. The van der Waals surface area contributed by atoms with Gasteiger partial charge in [-0.15, -0.1) is 0 Å². The van der Waals surface area contributed by atoms with Crippen LogP contribution in [0.25, 0.3) is 11.1 Å². The number of aryl methyl sites for hydroxylation is 2. The molecule has 4 rings (SSSR count). The number of carbonyl (C=O) groups is 2. The number of methoxy groups -OCH3 is 2. The van der Waals surface area contributed by atoms with Crippen molar-refractivity contribution in [3.8, 4) is 11.1 Å². The van der Waals surface area contributed by atoms with Crippen LogP contribution in [0.3, 0.4) is 0 Å². The number of guanidine groups is 2. The van der Waals surface area contributed by atoms with Crippen LogP contribution in [0.2, 0.25) is 0 Å². The maximum absolute atomic E-state index is 12.7. The number of pyridine rings is 1. The number of hydrogen-bond donors (Lipinski definition) is 2. The van der Waals surface area contributed by atoms with Crippen LogP contribution in [0.4, 0.5) is 5.69 Å². The first-order valence-corrected chi connectivity index (χ1v) is 11.5. The van der Waals surface area contributed by atoms with Gasteiger partial charge in [-0.3, -0.25) is 9.88 Å². The molecule has 1 aliphatic carbocycles. The summed E-state index contributed by atoms with van der Waals surface area (Å²) in [6.07, 6.45) is 4.79. The largest absolute Gasteiger partial charge is 0.465 e. The Bertz CT molecular complexity index is 1190. The normalized spacial score (nSPS) is 17.0. The summed E-state index contributed by atoms with van der Waals surface area (Å²) in [5.41, 5.74) is 14.9. The smallest absolute Gasteiger partial charge is 0.340 e. The number of anilines is 1. The van der Waals surface area contributed by atoms with Crippen LogP contribution < -0.4 is 16.4 Å². The van der Waals surface area contributed by atoms with Crippen LogP contribution >= 0.6 is 0 Å². The molecule has 4 N–H and O–H groups in total. The highest BCUT2D eigenvalue weighted by Gasteiger charge is 2.42. The fourth-order valence-electron chi connectivity index (χ4n) is 5.11. The van der Waals surface area contributed by atoms with E-state index < -0.39 is 17.6 Å². The van der Waals surface area contributed by atoms with Crippen molar-refractivity contribution >= 4 is 29.5 Å². The molecule has 10 heteroatoms. The molecule has 2 heterocycles. The first-order valence-electron chi connectivity index (χ1n) is 11.5. The second-order valence-electron chi connectivity index (χ2n) is 8.76. The van der Waals surface area contributed by atoms with Crippen LogP contribution in [0.1, 0.15) is 64.2 Å². The summed E-state index contributed by atoms with van der Waals surface area (Å²) < 4.78 is 10.0. The third-order valence-electron chi connectivity index (χ3n) is 6.60. The van der Waals surface area contributed by atoms with Gasteiger partial charge in [-0.1, -0.05) is 18.6 Å². The zero-order valence-corrected chi connectivity index (χ0v) is 20.4. The van der Waals surface area contributed by atoms with Crippen LogP contribution in [0.5, 0.6) is 0 Å². The molecule has 1 aromatic heterocycles. The number of hydrogen-bond acceptors (Lipinski definition) is 10. The Labute approximate surface area is 204 Å². The van der Waals surface area contributed by atoms with Gasteiger partial charge in [0.2, 0.25) is 11.9 Å². The van der Waals surface area contributed by atoms with E-state index in [1.165, 1.54) is 14.2 Å². The molecule has 0 amide bonds. The zero-order chi connectivity index (χ0) is 25.3. The average molecular weight is 479 g/mol. The van der Waals surface area contributed by atoms with Crippen molar-refractivity contribution in [1.82, 2.24) is 4.98 Å². The summed E-state index contributed by atoms with van der Waals surface area (Å²) in [6.45, 7) is 3.41. The van der Waals surface area contributed by atoms with Crippen molar-refractivity contribution in [3.63, 3.8) is 0 Å². The number of rotatable bonds is 4. The van der Waals surface area contributed by atoms with Crippen molar-refractivity contribution in [2.45, 2.75) is 51.6 Å². The Hall–Kier alpha value is -3.95. The molecule has 1 saturated carbocycles. The van der Waals surface area contributed by atoms with E-state index in [0.717, 1.165) is 37.8 Å². The van der Waals surface area contributed by atoms with Gasteiger partial charge < -0.3 is 20.9 Å². The lowest BCUT2D eigenvalue weighted by Gasteiger charge is -2.45. The third kappa shape index (κ3) is 4.20. The standard InChI is InChI=1S/C25H30N6O4/c1-14-18(21(32)34-3)20(19(15(2)28-14)22(33)35-4)16-8-10-17(11-9-16)31-24(27)29-23(26)30-25(31)12-6-5-7-13-25/h8-11H,5-7,12-13H2,1-4H3,(H4,26,27,29,30). The predicted molar refractivity (Wildman–Crippen MR) is 133 cm³/mol. The van der Waals surface area contributed by atoms with Gasteiger partial charge in [0.25, 0.3) is 0 Å². The molecule has 1 aliphatic heterocycles. The lowest BCUT2D eigenvalue weighted by molar-refractivity contribution is 0.0599. The number of aromatic nitrogens is 1. The zero-order valence-electron chi connectivity index (χ0n) is 20.4. The van der Waals surface area contributed by atoms with Gasteiger partial charge in [-0.25, -0.2) is 14.6 Å². The number of aliphatic imine (C=N–C) groups is 2. The highest BCUT2D eigenvalue weighted by molar-refractivity contribution is 6.08. The number of benzene rings is 1. The Kier molecular flexibility index (Phi) is 6.47. The van der Waals surface area contributed by atoms with Gasteiger partial charge in [0.1, 0.15) is 5.66 Å². The number of nitrogens with zero attached hydrogens (tertiary/aromatic N) is 4. The minimum Gasteiger partial charge on any atom is -0.465 e. The molecule has 2 aliphatic rings. The maximum Gasteiger partial charge on any atom is 0.340 e. The molecule has 184 valence electrons. The van der Waals surface area contributed by atoms with E-state index in [0.29, 0.717) is 22.5 Å². The quantitative estimate of drug-likeness (QED) is 0.638. The summed E-state index contributed by atoms with van der Waals surface area (Å²) in [5, 5.41) is 0. The molecule has 10 nitrogen and oxygen atoms in total. The number of nitrogens with two attached hydrogens (primary N) is 2. The van der Waals surface area contributed by atoms with E-state index in [-0.39, 0.29) is 23.0 Å². The molecule has 1 aromatic carbocycles. The Morgan fingerprint density at radius 3 is 1.97 bits per heavy atom. The molecule has 0 unspecified atom stereocenters. The van der Waals surface area contributed by atoms with Crippen molar-refractivity contribution in [2.75, 3.05) is 19.1 Å². The molecule has 0 bridgehead atoms. The monoisotopic (exact) mass is 478 g/mol. The minimum atomic E-state index is -0.586. The van der Waals surface area contributed by atoms with E-state index >= 15 is 0 Å². The van der Waals surface area contributed by atoms with Crippen molar-refractivity contribution in [2.24, 2.45) is 21.5 Å². The van der Waals surface area contributed by atoms with Crippen LogP contribution in [0, 0.1) is 13.8 Å². The Morgan fingerprint density at radius 1 is 0.914 bits per heavy atom. The van der Waals surface area contributed by atoms with Crippen molar-refractivity contribution in [1.29, 1.82) is 0 Å². The first-order chi connectivity index (χ1) is 16.7. The summed E-state index contributed by atoms with van der Waals surface area (Å²) in [6, 6.07) is 7.40. The van der Waals surface area contributed by atoms with Crippen LogP contribution in [0.15, 0.2) is 34.3 Å². The van der Waals surface area contributed by atoms with Gasteiger partial charge in [0.05, 0.1) is 36.7 Å². The summed E-state index contributed by atoms with van der Waals surface area (Å²) >= 11 is 0. The highest BCUT2D eigenvalue weighted by Crippen LogP contribution is 2.40. The molecular weight excluding hydrogens is 448 g/mol. The molecule has 35 heavy (non-hydrogen) atoms. The van der Waals surface area contributed by atoms with E-state index in [4.69, 9.17) is 25.9 Å². The van der Waals surface area contributed by atoms with Gasteiger partial charge in [-0.05, 0) is 57.2 Å². The minimum absolute atomic E-state index is 0.186. The first kappa shape index (κ1) is 24.2. The maximum atomic E-state index is 12.7. The molecule has 0 saturated heterocycles. The fraction of sp³-hybridized carbons (Fsp3) is 0.400. The second kappa shape index (κ2) is 9.36. The summed E-state index contributed by atoms with van der Waals surface area (Å²) in [7, 11) is 2.58. The van der Waals surface area contributed by atoms with E-state index in [1.807, 2.05) is 29.2 Å². The Morgan fingerprint density at radius 2 is 1.46 bits per heavy atom. The highest BCUT2D eigenvalue weighted by atomic mass is 16.5. The van der Waals surface area contributed by atoms with Crippen molar-refractivity contribution in [3.05, 3.63) is 46.8 Å². The van der Waals surface area contributed by atoms with E-state index in [2.05, 4.69) is 9.98 Å². The topological polar surface area (TPSA) is 145 Å². The summed E-state index contributed by atoms with van der Waals surface area (Å²) in [5.74, 6) is -0.700. The van der Waals surface area contributed by atoms with Gasteiger partial charge in [0.15, 0.2) is 0 Å². The molecular formula is C25H30N6O4. The number of esters is 2. The lowest BCUT2D eigenvalue weighted by atomic mass is 9.87. The van der Waals surface area contributed by atoms with Crippen molar-refractivity contribution < 1.29 is 19.1 Å². The predicted octanol–water partition coefficient (Wildman–Crippen LogP) is 3.05. The molecule has 1 spiro atoms. The van der Waals surface area contributed by atoms with Crippen LogP contribution in [-0.4, -0.2) is 48.7 Å². The van der Waals surface area contributed by atoms with Gasteiger partial charge >= 0.3 is 11.9 Å². The van der Waals surface area contributed by atoms with Gasteiger partial charge in [-0.2, -0.15) is 4.99 Å². The molecule has 2 aromatic rings. The lowest BCUT2D eigenvalue weighted by Crippen LogP contribution is -2.58. The summed E-state index contributed by atoms with van der Waals surface area (Å²) in [4.78, 5) is 40.7. The molecule has 0 radical (unpaired) electrons. The average Bonchev–Trinajstić information content (AvgIpc) is 2.83. The SMILES string of the molecule is COC(=O)c1c(C)nc(C)c(C(=O)OC)c1-c1ccc(N2C(N)=NC(N)=NC23CCCCC3)cc1. The fourth-order valence-corrected chi connectivity index (χ4v) is 5.11. The van der Waals surface area contributed by atoms with Gasteiger partial charge in [0, 0.05) is 11.3 Å². The van der Waals surface area contributed by atoms with Crippen LogP contribution in [-0.2, 0) is 9.47 Å². The van der Waals surface area contributed by atoms with E-state index in [9.17, 15) is 9.59 Å². The number of carbonyl (C=O) groups excluding carboxylic acids is 2.